The van der Waals surface area contributed by atoms with E-state index in [2.05, 4.69) is 20.6 Å². The average Bonchev–Trinajstić information content (AvgIpc) is 2.90. The van der Waals surface area contributed by atoms with Crippen LogP contribution in [0.25, 0.3) is 5.65 Å². The number of hydrogen-bond donors (Lipinski definition) is 1. The van der Waals surface area contributed by atoms with Crippen LogP contribution in [-0.2, 0) is 16.0 Å². The fourth-order valence-corrected chi connectivity index (χ4v) is 2.26. The van der Waals surface area contributed by atoms with E-state index in [0.717, 1.165) is 5.69 Å². The van der Waals surface area contributed by atoms with Gasteiger partial charge in [-0.05, 0) is 37.3 Å². The Morgan fingerprint density at radius 2 is 2.17 bits per heavy atom. The highest BCUT2D eigenvalue weighted by Gasteiger charge is 2.13. The Labute approximate surface area is 137 Å². The van der Waals surface area contributed by atoms with Gasteiger partial charge in [-0.15, -0.1) is 15.3 Å². The third-order valence-electron chi connectivity index (χ3n) is 3.03. The quantitative estimate of drug-likeness (QED) is 0.724. The monoisotopic (exact) mass is 331 g/mol. The predicted octanol–water partition coefficient (Wildman–Crippen LogP) is 2.63. The molecule has 0 aliphatic carbocycles. The van der Waals surface area contributed by atoms with Crippen LogP contribution in [0, 0.1) is 0 Å². The van der Waals surface area contributed by atoms with Gasteiger partial charge in [-0.3, -0.25) is 4.79 Å². The summed E-state index contributed by atoms with van der Waals surface area (Å²) in [5.41, 5.74) is 1.37. The van der Waals surface area contributed by atoms with Gasteiger partial charge in [-0.25, -0.2) is 0 Å². The summed E-state index contributed by atoms with van der Waals surface area (Å²) in [6, 6.07) is 10.8. The van der Waals surface area contributed by atoms with Gasteiger partial charge in [-0.1, -0.05) is 17.7 Å². The number of halogens is 1. The van der Waals surface area contributed by atoms with Gasteiger partial charge in [0.2, 0.25) is 0 Å². The lowest BCUT2D eigenvalue weighted by molar-refractivity contribution is -0.142. The lowest BCUT2D eigenvalue weighted by atomic mass is 10.3. The second-order valence-electron chi connectivity index (χ2n) is 4.72. The number of aromatic nitrogens is 4. The fraction of sp³-hybridized carbons (Fsp3) is 0.200. The number of nitrogens with zero attached hydrogens (tertiary/aromatic N) is 4. The van der Waals surface area contributed by atoms with E-state index in [4.69, 9.17) is 16.3 Å². The lowest BCUT2D eigenvalue weighted by Crippen LogP contribution is -2.11. The molecular weight excluding hydrogens is 318 g/mol. The van der Waals surface area contributed by atoms with E-state index < -0.39 is 0 Å². The first-order chi connectivity index (χ1) is 11.2. The van der Waals surface area contributed by atoms with E-state index in [1.165, 1.54) is 4.52 Å². The average molecular weight is 332 g/mol. The number of anilines is 2. The topological polar surface area (TPSA) is 81.4 Å². The van der Waals surface area contributed by atoms with Crippen molar-refractivity contribution < 1.29 is 9.53 Å². The Balaban J connectivity index is 1.86. The van der Waals surface area contributed by atoms with Gasteiger partial charge in [0.1, 0.15) is 6.42 Å². The molecule has 23 heavy (non-hydrogen) atoms. The Bertz CT molecular complexity index is 849. The summed E-state index contributed by atoms with van der Waals surface area (Å²) in [6.07, 6.45) is 0.0165. The summed E-state index contributed by atoms with van der Waals surface area (Å²) in [5, 5.41) is 16.1. The molecule has 2 aromatic heterocycles. The normalized spacial score (nSPS) is 10.7. The largest absolute Gasteiger partial charge is 0.466 e. The van der Waals surface area contributed by atoms with Gasteiger partial charge in [0.25, 0.3) is 0 Å². The maximum Gasteiger partial charge on any atom is 0.313 e. The number of rotatable bonds is 5. The maximum atomic E-state index is 11.6. The highest BCUT2D eigenvalue weighted by molar-refractivity contribution is 6.30. The molecule has 0 spiro atoms. The summed E-state index contributed by atoms with van der Waals surface area (Å²) in [4.78, 5) is 11.6. The number of hydrogen-bond acceptors (Lipinski definition) is 6. The number of carbonyl (C=O) groups excluding carboxylic acids is 1. The van der Waals surface area contributed by atoms with Crippen LogP contribution in [0.4, 0.5) is 11.5 Å². The van der Waals surface area contributed by atoms with E-state index in [1.54, 1.807) is 31.2 Å². The van der Waals surface area contributed by atoms with Crippen LogP contribution >= 0.6 is 11.6 Å². The number of nitrogens with one attached hydrogen (secondary N) is 1. The molecule has 1 aromatic carbocycles. The van der Waals surface area contributed by atoms with Gasteiger partial charge in [0, 0.05) is 10.7 Å². The molecule has 0 radical (unpaired) electrons. The molecular formula is C15H14ClN5O2. The van der Waals surface area contributed by atoms with Crippen LogP contribution in [0.15, 0.2) is 36.4 Å². The number of ether oxygens (including phenoxy) is 1. The van der Waals surface area contributed by atoms with Gasteiger partial charge >= 0.3 is 5.97 Å². The second kappa shape index (κ2) is 6.62. The molecule has 0 bridgehead atoms. The van der Waals surface area contributed by atoms with Crippen LogP contribution < -0.4 is 5.32 Å². The number of benzene rings is 1. The minimum absolute atomic E-state index is 0.0165. The molecule has 7 nitrogen and oxygen atoms in total. The summed E-state index contributed by atoms with van der Waals surface area (Å²) >= 11 is 5.96. The molecule has 0 saturated heterocycles. The van der Waals surface area contributed by atoms with E-state index in [9.17, 15) is 4.79 Å². The number of esters is 1. The molecule has 0 aliphatic rings. The first kappa shape index (κ1) is 15.2. The second-order valence-corrected chi connectivity index (χ2v) is 5.16. The molecule has 0 aliphatic heterocycles. The van der Waals surface area contributed by atoms with Crippen molar-refractivity contribution >= 4 is 34.7 Å². The van der Waals surface area contributed by atoms with E-state index >= 15 is 0 Å². The predicted molar refractivity (Wildman–Crippen MR) is 85.9 cm³/mol. The summed E-state index contributed by atoms with van der Waals surface area (Å²) in [5.74, 6) is 0.648. The molecule has 3 aromatic rings. The molecule has 8 heteroatoms. The summed E-state index contributed by atoms with van der Waals surface area (Å²) in [6.45, 7) is 2.08. The lowest BCUT2D eigenvalue weighted by Gasteiger charge is -2.06. The van der Waals surface area contributed by atoms with Crippen LogP contribution in [0.2, 0.25) is 5.02 Å². The molecule has 1 N–H and O–H groups in total. The van der Waals surface area contributed by atoms with Crippen LogP contribution in [0.5, 0.6) is 0 Å². The third kappa shape index (κ3) is 3.57. The molecule has 0 atom stereocenters. The van der Waals surface area contributed by atoms with Crippen LogP contribution in [0.1, 0.15) is 12.7 Å². The number of carbonyl (C=O) groups is 1. The van der Waals surface area contributed by atoms with Crippen molar-refractivity contribution in [3.8, 4) is 0 Å². The smallest absolute Gasteiger partial charge is 0.313 e. The first-order valence-electron chi connectivity index (χ1n) is 7.05. The summed E-state index contributed by atoms with van der Waals surface area (Å²) < 4.78 is 6.44. The van der Waals surface area contributed by atoms with E-state index in [-0.39, 0.29) is 12.4 Å². The van der Waals surface area contributed by atoms with Crippen LogP contribution in [-0.4, -0.2) is 32.4 Å². The Kier molecular flexibility index (Phi) is 4.38. The van der Waals surface area contributed by atoms with Crippen molar-refractivity contribution in [2.45, 2.75) is 13.3 Å². The molecule has 0 saturated carbocycles. The van der Waals surface area contributed by atoms with Gasteiger partial charge in [0.05, 0.1) is 6.61 Å². The van der Waals surface area contributed by atoms with Gasteiger partial charge in [0.15, 0.2) is 17.3 Å². The Morgan fingerprint density at radius 3 is 2.96 bits per heavy atom. The van der Waals surface area contributed by atoms with Crippen molar-refractivity contribution in [1.29, 1.82) is 0 Å². The number of fused-ring (bicyclic) bond motifs is 1. The standard InChI is InChI=1S/C15H14ClN5O2/c1-2-23-15(22)9-14-19-18-13-7-6-12(20-21(13)14)17-11-5-3-4-10(16)8-11/h3-8H,2,9H2,1H3,(H,17,20). The highest BCUT2D eigenvalue weighted by Crippen LogP contribution is 2.19. The minimum atomic E-state index is -0.364. The zero-order valence-corrected chi connectivity index (χ0v) is 13.1. The Hall–Kier alpha value is -2.67. The highest BCUT2D eigenvalue weighted by atomic mass is 35.5. The molecule has 118 valence electrons. The molecule has 0 unspecified atom stereocenters. The SMILES string of the molecule is CCOC(=O)Cc1nnc2ccc(Nc3cccc(Cl)c3)nn12. The molecule has 0 fully saturated rings. The van der Waals surface area contributed by atoms with Gasteiger partial charge in [-0.2, -0.15) is 4.52 Å². The first-order valence-corrected chi connectivity index (χ1v) is 7.43. The van der Waals surface area contributed by atoms with E-state index in [1.807, 2.05) is 12.1 Å². The van der Waals surface area contributed by atoms with Crippen molar-refractivity contribution in [3.05, 3.63) is 47.2 Å². The van der Waals surface area contributed by atoms with Gasteiger partial charge < -0.3 is 10.1 Å². The molecule has 3 rings (SSSR count). The zero-order chi connectivity index (χ0) is 16.2. The van der Waals surface area contributed by atoms with Crippen LogP contribution in [0.3, 0.4) is 0 Å². The minimum Gasteiger partial charge on any atom is -0.466 e. The van der Waals surface area contributed by atoms with Crippen molar-refractivity contribution in [2.24, 2.45) is 0 Å². The van der Waals surface area contributed by atoms with Crippen molar-refractivity contribution in [1.82, 2.24) is 19.8 Å². The molecule has 2 heterocycles. The summed E-state index contributed by atoms with van der Waals surface area (Å²) in [7, 11) is 0. The molecule has 0 amide bonds. The van der Waals surface area contributed by atoms with Crippen molar-refractivity contribution in [2.75, 3.05) is 11.9 Å². The van der Waals surface area contributed by atoms with E-state index in [0.29, 0.717) is 28.9 Å². The Morgan fingerprint density at radius 1 is 1.30 bits per heavy atom. The zero-order valence-electron chi connectivity index (χ0n) is 12.4. The fourth-order valence-electron chi connectivity index (χ4n) is 2.07. The van der Waals surface area contributed by atoms with Crippen molar-refractivity contribution in [3.63, 3.8) is 0 Å². The maximum absolute atomic E-state index is 11.6. The third-order valence-corrected chi connectivity index (χ3v) is 3.27.